The molecule has 1 N–H and O–H groups in total. The second kappa shape index (κ2) is 6.94. The summed E-state index contributed by atoms with van der Waals surface area (Å²) in [6.07, 6.45) is 7.74. The Morgan fingerprint density at radius 3 is 2.60 bits per heavy atom. The van der Waals surface area contributed by atoms with Crippen LogP contribution in [-0.2, 0) is 4.74 Å². The van der Waals surface area contributed by atoms with Gasteiger partial charge >= 0.3 is 5.97 Å². The predicted octanol–water partition coefficient (Wildman–Crippen LogP) is 2.12. The number of halogens is 1. The number of rotatable bonds is 3. The minimum atomic E-state index is -0.578. The molecule has 8 nitrogen and oxygen atoms in total. The lowest BCUT2D eigenvalue weighted by Gasteiger charge is -2.19. The van der Waals surface area contributed by atoms with Crippen molar-refractivity contribution in [3.63, 3.8) is 0 Å². The van der Waals surface area contributed by atoms with E-state index in [0.29, 0.717) is 17.1 Å². The normalized spacial score (nSPS) is 11.0. The van der Waals surface area contributed by atoms with Crippen LogP contribution in [0.15, 0.2) is 48.0 Å². The summed E-state index contributed by atoms with van der Waals surface area (Å²) in [7, 11) is 0. The summed E-state index contributed by atoms with van der Waals surface area (Å²) in [5, 5.41) is 2.84. The van der Waals surface area contributed by atoms with Crippen LogP contribution < -0.4 is 5.56 Å². The van der Waals surface area contributed by atoms with E-state index >= 15 is 0 Å². The third-order valence-electron chi connectivity index (χ3n) is 3.15. The largest absolute Gasteiger partial charge is 0.456 e. The molecule has 0 saturated carbocycles. The average molecular weight is 364 g/mol. The van der Waals surface area contributed by atoms with Crippen molar-refractivity contribution >= 4 is 18.4 Å². The maximum Gasteiger partial charge on any atom is 0.340 e. The number of carbonyl (C=O) groups is 1. The lowest BCUT2D eigenvalue weighted by atomic mass is 10.2. The summed E-state index contributed by atoms with van der Waals surface area (Å²) < 4.78 is 8.17. The van der Waals surface area contributed by atoms with Crippen molar-refractivity contribution in [3.8, 4) is 11.5 Å². The zero-order valence-electron chi connectivity index (χ0n) is 14.0. The summed E-state index contributed by atoms with van der Waals surface area (Å²) in [4.78, 5) is 32.5. The molecule has 0 amide bonds. The van der Waals surface area contributed by atoms with E-state index in [0.717, 1.165) is 0 Å². The Labute approximate surface area is 149 Å². The Bertz CT molecular complexity index is 905. The molecule has 132 valence electrons. The Balaban J connectivity index is 0.00000225. The van der Waals surface area contributed by atoms with Gasteiger partial charge in [0, 0.05) is 24.8 Å². The van der Waals surface area contributed by atoms with Crippen LogP contribution in [0.2, 0.25) is 0 Å². The van der Waals surface area contributed by atoms with Gasteiger partial charge in [0.1, 0.15) is 11.3 Å². The smallest absolute Gasteiger partial charge is 0.340 e. The van der Waals surface area contributed by atoms with Crippen LogP contribution in [0, 0.1) is 0 Å². The van der Waals surface area contributed by atoms with Crippen molar-refractivity contribution in [3.05, 3.63) is 59.2 Å². The van der Waals surface area contributed by atoms with Crippen LogP contribution in [0.4, 0.5) is 0 Å². The van der Waals surface area contributed by atoms with E-state index in [1.807, 2.05) is 0 Å². The highest BCUT2D eigenvalue weighted by atomic mass is 35.5. The number of esters is 1. The van der Waals surface area contributed by atoms with Crippen molar-refractivity contribution in [1.82, 2.24) is 24.3 Å². The van der Waals surface area contributed by atoms with Crippen LogP contribution in [0.5, 0.6) is 0 Å². The Hall–Kier alpha value is -2.87. The van der Waals surface area contributed by atoms with Crippen LogP contribution in [0.25, 0.3) is 11.5 Å². The fraction of sp³-hybridized carbons (Fsp3) is 0.250. The van der Waals surface area contributed by atoms with E-state index in [4.69, 9.17) is 4.74 Å². The van der Waals surface area contributed by atoms with Crippen LogP contribution in [-0.4, -0.2) is 35.9 Å². The maximum absolute atomic E-state index is 12.4. The lowest BCUT2D eigenvalue weighted by Crippen LogP contribution is -2.24. The number of aromatic amines is 1. The number of nitrogens with one attached hydrogen (secondary N) is 1. The molecular formula is C16H18ClN5O3. The molecule has 0 unspecified atom stereocenters. The first-order valence-corrected chi connectivity index (χ1v) is 7.34. The first kappa shape index (κ1) is 18.5. The van der Waals surface area contributed by atoms with Crippen molar-refractivity contribution in [2.75, 3.05) is 0 Å². The van der Waals surface area contributed by atoms with Gasteiger partial charge in [-0.2, -0.15) is 4.68 Å². The minimum Gasteiger partial charge on any atom is -0.456 e. The van der Waals surface area contributed by atoms with Gasteiger partial charge in [0.25, 0.3) is 5.56 Å². The van der Waals surface area contributed by atoms with Gasteiger partial charge in [0.05, 0.1) is 11.9 Å². The molecule has 0 atom stereocenters. The molecule has 0 aliphatic carbocycles. The number of hydrogen-bond acceptors (Lipinski definition) is 5. The number of nitrogens with zero attached hydrogens (tertiary/aromatic N) is 4. The highest BCUT2D eigenvalue weighted by Gasteiger charge is 2.18. The van der Waals surface area contributed by atoms with Gasteiger partial charge in [0.15, 0.2) is 5.82 Å². The molecule has 3 rings (SSSR count). The molecule has 3 aromatic rings. The van der Waals surface area contributed by atoms with E-state index in [2.05, 4.69) is 15.1 Å². The van der Waals surface area contributed by atoms with E-state index in [9.17, 15) is 9.59 Å². The number of aromatic nitrogens is 5. The van der Waals surface area contributed by atoms with Gasteiger partial charge in [-0.05, 0) is 32.9 Å². The van der Waals surface area contributed by atoms with Gasteiger partial charge in [-0.15, -0.1) is 12.4 Å². The Morgan fingerprint density at radius 2 is 2.04 bits per heavy atom. The first-order chi connectivity index (χ1) is 11.3. The lowest BCUT2D eigenvalue weighted by molar-refractivity contribution is 0.00691. The monoisotopic (exact) mass is 363 g/mol. The summed E-state index contributed by atoms with van der Waals surface area (Å²) in [5.41, 5.74) is -0.106. The zero-order valence-corrected chi connectivity index (χ0v) is 14.8. The zero-order chi connectivity index (χ0) is 17.3. The quantitative estimate of drug-likeness (QED) is 0.719. The predicted molar refractivity (Wildman–Crippen MR) is 93.7 cm³/mol. The SMILES string of the molecule is CC(C)(C)OC(=O)c1ccc(-n2[nH]cc(-n3ccnc3)c2=O)nc1.Cl. The first-order valence-electron chi connectivity index (χ1n) is 7.34. The third-order valence-corrected chi connectivity index (χ3v) is 3.15. The number of carbonyl (C=O) groups excluding carboxylic acids is 1. The molecule has 0 spiro atoms. The maximum atomic E-state index is 12.4. The molecule has 3 heterocycles. The molecule has 0 bridgehead atoms. The molecule has 3 aromatic heterocycles. The highest BCUT2D eigenvalue weighted by molar-refractivity contribution is 5.89. The Kier molecular flexibility index (Phi) is 5.13. The minimum absolute atomic E-state index is 0. The molecule has 0 radical (unpaired) electrons. The van der Waals surface area contributed by atoms with Crippen molar-refractivity contribution in [2.45, 2.75) is 26.4 Å². The van der Waals surface area contributed by atoms with E-state index in [1.165, 1.54) is 17.2 Å². The second-order valence-corrected chi connectivity index (χ2v) is 6.18. The summed E-state index contributed by atoms with van der Waals surface area (Å²) in [6, 6.07) is 3.15. The van der Waals surface area contributed by atoms with Gasteiger partial charge in [0.2, 0.25) is 0 Å². The van der Waals surface area contributed by atoms with E-state index in [1.54, 1.807) is 56.1 Å². The standard InChI is InChI=1S/C16H17N5O3.ClH/c1-16(2,3)24-15(23)11-4-5-13(18-8-11)21-14(22)12(9-19-21)20-7-6-17-10-20;/h4-10,19H,1-3H3;1H. The number of H-pyrrole nitrogens is 1. The third kappa shape index (κ3) is 3.97. The molecule has 0 fully saturated rings. The Morgan fingerprint density at radius 1 is 1.28 bits per heavy atom. The number of pyridine rings is 1. The molecule has 0 aromatic carbocycles. The summed E-state index contributed by atoms with van der Waals surface area (Å²) in [6.45, 7) is 5.38. The number of hydrogen-bond donors (Lipinski definition) is 1. The topological polar surface area (TPSA) is 94.8 Å². The molecule has 9 heteroatoms. The van der Waals surface area contributed by atoms with Gasteiger partial charge < -0.3 is 4.74 Å². The fourth-order valence-corrected chi connectivity index (χ4v) is 2.09. The van der Waals surface area contributed by atoms with E-state index in [-0.39, 0.29) is 18.0 Å². The number of ether oxygens (including phenoxy) is 1. The van der Waals surface area contributed by atoms with Crippen molar-refractivity contribution in [2.24, 2.45) is 0 Å². The highest BCUT2D eigenvalue weighted by Crippen LogP contribution is 2.12. The molecule has 0 aliphatic rings. The molecule has 0 saturated heterocycles. The summed E-state index contributed by atoms with van der Waals surface area (Å²) in [5.74, 6) is -0.0850. The molecule has 0 aliphatic heterocycles. The summed E-state index contributed by atoms with van der Waals surface area (Å²) >= 11 is 0. The van der Waals surface area contributed by atoms with E-state index < -0.39 is 11.6 Å². The van der Waals surface area contributed by atoms with Gasteiger partial charge in [-0.1, -0.05) is 0 Å². The molecular weight excluding hydrogens is 346 g/mol. The van der Waals surface area contributed by atoms with Crippen LogP contribution >= 0.6 is 12.4 Å². The van der Waals surface area contributed by atoms with Crippen molar-refractivity contribution < 1.29 is 9.53 Å². The van der Waals surface area contributed by atoms with Crippen molar-refractivity contribution in [1.29, 1.82) is 0 Å². The average Bonchev–Trinajstić information content (AvgIpc) is 3.15. The number of imidazole rings is 1. The van der Waals surface area contributed by atoms with Crippen LogP contribution in [0.1, 0.15) is 31.1 Å². The fourth-order valence-electron chi connectivity index (χ4n) is 2.09. The second-order valence-electron chi connectivity index (χ2n) is 6.18. The van der Waals surface area contributed by atoms with Crippen LogP contribution in [0.3, 0.4) is 0 Å². The molecule has 25 heavy (non-hydrogen) atoms. The van der Waals surface area contributed by atoms with Gasteiger partial charge in [-0.25, -0.2) is 14.8 Å². The van der Waals surface area contributed by atoms with Gasteiger partial charge in [-0.3, -0.25) is 14.5 Å².